The third-order valence-electron chi connectivity index (χ3n) is 14.4. The molecule has 420 valence electrons. The first-order valence-corrected chi connectivity index (χ1v) is 28.7. The average molecular weight is 1130 g/mol. The van der Waals surface area contributed by atoms with Crippen LogP contribution >= 0.6 is 18.9 Å². The summed E-state index contributed by atoms with van der Waals surface area (Å²) in [5.74, 6) is 1.93. The number of alkyl halides is 2. The summed E-state index contributed by atoms with van der Waals surface area (Å²) in [6.07, 6.45) is 4.96. The third-order valence-corrected chi connectivity index (χ3v) is 16.5. The van der Waals surface area contributed by atoms with Gasteiger partial charge < -0.3 is 39.7 Å². The van der Waals surface area contributed by atoms with Crippen LogP contribution in [0.3, 0.4) is 0 Å². The van der Waals surface area contributed by atoms with Crippen LogP contribution in [0.2, 0.25) is 0 Å². The van der Waals surface area contributed by atoms with Gasteiger partial charge in [-0.3, -0.25) is 53.1 Å². The summed E-state index contributed by atoms with van der Waals surface area (Å²) in [6, 6.07) is 15.3. The van der Waals surface area contributed by atoms with Crippen LogP contribution < -0.4 is 16.0 Å². The number of fused-ring (bicyclic) bond motifs is 2. The molecule has 3 aromatic carbocycles. The van der Waals surface area contributed by atoms with Crippen LogP contribution in [0.4, 0.5) is 8.78 Å². The number of nitrogens with zero attached hydrogens (tertiary/aromatic N) is 3. The smallest absolute Gasteiger partial charge is 0.370 e. The largest absolute Gasteiger partial charge is 0.399 e. The lowest BCUT2D eigenvalue weighted by atomic mass is 9.85. The van der Waals surface area contributed by atoms with Crippen molar-refractivity contribution in [3.63, 3.8) is 0 Å². The quantitative estimate of drug-likeness (QED) is 0.0306. The minimum absolute atomic E-state index is 0.0391. The average Bonchev–Trinajstić information content (AvgIpc) is 4.17. The van der Waals surface area contributed by atoms with Gasteiger partial charge in [-0.25, -0.2) is 0 Å². The van der Waals surface area contributed by atoms with Gasteiger partial charge in [0.1, 0.15) is 30.8 Å². The molecule has 2 unspecified atom stereocenters. The van der Waals surface area contributed by atoms with E-state index in [9.17, 15) is 61.5 Å². The number of piperidine rings is 1. The number of hydrogen-bond acceptors (Lipinski definition) is 12. The molecule has 0 bridgehead atoms. The molecule has 79 heavy (non-hydrogen) atoms. The molecule has 23 heteroatoms. The summed E-state index contributed by atoms with van der Waals surface area (Å²) in [6.45, 7) is 5.99. The summed E-state index contributed by atoms with van der Waals surface area (Å²) in [5, 5.41) is 8.02. The van der Waals surface area contributed by atoms with Gasteiger partial charge in [-0.05, 0) is 72.0 Å². The second kappa shape index (κ2) is 24.7. The number of carbonyl (C=O) groups is 8. The Balaban J connectivity index is 0.811. The monoisotopic (exact) mass is 1130 g/mol. The first-order valence-electron chi connectivity index (χ1n) is 26.3. The van der Waals surface area contributed by atoms with E-state index in [0.717, 1.165) is 72.5 Å². The molecule has 3 saturated heterocycles. The van der Waals surface area contributed by atoms with Crippen LogP contribution in [-0.2, 0) is 43.7 Å². The van der Waals surface area contributed by atoms with E-state index in [0.29, 0.717) is 23.2 Å². The highest BCUT2D eigenvalue weighted by Gasteiger charge is 2.51. The number of amides is 8. The zero-order chi connectivity index (χ0) is 56.8. The van der Waals surface area contributed by atoms with Crippen LogP contribution in [0, 0.1) is 17.3 Å². The van der Waals surface area contributed by atoms with E-state index in [2.05, 4.69) is 27.8 Å². The van der Waals surface area contributed by atoms with Gasteiger partial charge in [0.25, 0.3) is 17.7 Å². The molecular weight excluding hydrogens is 1070 g/mol. The molecular formula is C56H63F2N6O13PS. The highest BCUT2D eigenvalue weighted by molar-refractivity contribution is 7.52. The van der Waals surface area contributed by atoms with E-state index in [1.54, 1.807) is 37.8 Å². The highest BCUT2D eigenvalue weighted by Crippen LogP contribution is 2.59. The number of imide groups is 2. The maximum atomic E-state index is 14.8. The molecule has 4 aromatic rings. The van der Waals surface area contributed by atoms with E-state index in [1.165, 1.54) is 23.1 Å². The predicted molar refractivity (Wildman–Crippen MR) is 285 cm³/mol. The first-order chi connectivity index (χ1) is 37.5. The fraction of sp³-hybridized carbons (Fsp3) is 0.464. The number of ether oxygens (including phenoxy) is 2. The number of halogens is 2. The van der Waals surface area contributed by atoms with Gasteiger partial charge in [-0.15, -0.1) is 11.3 Å². The Morgan fingerprint density at radius 3 is 2.35 bits per heavy atom. The van der Waals surface area contributed by atoms with Crippen molar-refractivity contribution in [2.75, 3.05) is 39.4 Å². The van der Waals surface area contributed by atoms with E-state index < -0.39 is 90.0 Å². The number of carbonyl (C=O) groups excluding carboxylic acids is 8. The van der Waals surface area contributed by atoms with Gasteiger partial charge in [0.15, 0.2) is 0 Å². The molecule has 5 heterocycles. The van der Waals surface area contributed by atoms with Crippen LogP contribution in [0.5, 0.6) is 0 Å². The van der Waals surface area contributed by atoms with Crippen molar-refractivity contribution in [3.8, 4) is 11.8 Å². The summed E-state index contributed by atoms with van der Waals surface area (Å²) >= 11 is 0.942. The molecule has 4 aliphatic rings. The predicted octanol–water partition coefficient (Wildman–Crippen LogP) is 6.16. The Bertz CT molecular complexity index is 3130. The lowest BCUT2D eigenvalue weighted by molar-refractivity contribution is -0.150. The van der Waals surface area contributed by atoms with E-state index in [1.807, 2.05) is 30.3 Å². The first kappa shape index (κ1) is 58.4. The summed E-state index contributed by atoms with van der Waals surface area (Å²) in [4.78, 5) is 129. The maximum absolute atomic E-state index is 14.8. The van der Waals surface area contributed by atoms with Gasteiger partial charge in [0, 0.05) is 54.7 Å². The maximum Gasteiger partial charge on any atom is 0.399 e. The number of unbranched alkanes of at least 4 members (excludes halogenated alkanes) is 6. The number of morpholine rings is 1. The molecule has 0 radical (unpaired) electrons. The fourth-order valence-corrected chi connectivity index (χ4v) is 11.5. The van der Waals surface area contributed by atoms with Crippen molar-refractivity contribution < 1.29 is 71.0 Å². The number of rotatable bonds is 19. The van der Waals surface area contributed by atoms with E-state index in [4.69, 9.17) is 9.47 Å². The van der Waals surface area contributed by atoms with Crippen LogP contribution in [0.25, 0.3) is 10.1 Å². The van der Waals surface area contributed by atoms with Crippen molar-refractivity contribution >= 4 is 76.3 Å². The fourth-order valence-electron chi connectivity index (χ4n) is 10.1. The van der Waals surface area contributed by atoms with Gasteiger partial charge >= 0.3 is 13.3 Å². The topological polar surface area (TPSA) is 258 Å². The molecule has 8 amide bonds. The number of likely N-dealkylation sites (tertiary alicyclic amines) is 1. The molecule has 5 N–H and O–H groups in total. The third kappa shape index (κ3) is 13.7. The molecule has 5 atom stereocenters. The van der Waals surface area contributed by atoms with Gasteiger partial charge in [0.05, 0.1) is 35.3 Å². The molecule has 0 saturated carbocycles. The number of nitrogens with one attached hydrogen (secondary N) is 3. The minimum atomic E-state index is -5.85. The molecule has 1 aromatic heterocycles. The Kier molecular flexibility index (Phi) is 18.3. The SMILES string of the molecule is CC(C)(C)C(NC(=O)c1cc2cc(C(F)(F)P(=O)(O)O)ccc2s1)C(=O)N1C[C@@H](OCC(=O)NCCCCCCCCC#Cc2ccc3c(c2)C(=O)N(C2CCC(=O)NC2=O)C3=O)C[C@H]1C(=O)N1CCO[C@H](c2ccccc2)C1. The number of thiophene rings is 1. The molecule has 0 spiro atoms. The summed E-state index contributed by atoms with van der Waals surface area (Å²) in [7, 11) is -5.85. The van der Waals surface area contributed by atoms with Gasteiger partial charge in [-0.2, -0.15) is 8.78 Å². The van der Waals surface area contributed by atoms with Crippen molar-refractivity contribution in [1.29, 1.82) is 0 Å². The lowest BCUT2D eigenvalue weighted by Crippen LogP contribution is -2.58. The highest BCUT2D eigenvalue weighted by atomic mass is 32.1. The number of benzene rings is 3. The Morgan fingerprint density at radius 2 is 1.63 bits per heavy atom. The van der Waals surface area contributed by atoms with E-state index in [-0.39, 0.29) is 85.3 Å². The van der Waals surface area contributed by atoms with Crippen LogP contribution in [0.15, 0.2) is 72.8 Å². The Hall–Kier alpha value is -6.73. The zero-order valence-corrected chi connectivity index (χ0v) is 45.7. The minimum Gasteiger partial charge on any atom is -0.370 e. The van der Waals surface area contributed by atoms with Crippen LogP contribution in [-0.4, -0.2) is 135 Å². The van der Waals surface area contributed by atoms with Crippen molar-refractivity contribution in [2.24, 2.45) is 5.41 Å². The Morgan fingerprint density at radius 1 is 0.911 bits per heavy atom. The van der Waals surface area contributed by atoms with Crippen LogP contribution in [0.1, 0.15) is 138 Å². The molecule has 3 fully saturated rings. The van der Waals surface area contributed by atoms with Gasteiger partial charge in [-0.1, -0.05) is 94.7 Å². The molecule has 0 aliphatic carbocycles. The lowest BCUT2D eigenvalue weighted by Gasteiger charge is -2.38. The summed E-state index contributed by atoms with van der Waals surface area (Å²) < 4.78 is 53.2. The van der Waals surface area contributed by atoms with Crippen molar-refractivity contribution in [1.82, 2.24) is 30.7 Å². The summed E-state index contributed by atoms with van der Waals surface area (Å²) in [5.41, 5.74) is -4.47. The standard InChI is InChI=1S/C56H63F2N6O13PS/c1-55(2,3)48(61-50(68)45-29-36-28-37(19-22-44(36)79-45)56(57,58)78(73,74)75)54(72)63-31-38(30-42(63)53(71)62-25-26-76-43(32-62)35-16-12-10-13-17-35)77-33-47(66)59-24-14-9-7-5-4-6-8-11-15-34-18-20-39-40(27-34)52(70)64(51(39)69)41-21-23-46(65)60-49(41)67/h10,12-13,16-20,22,27-29,38,41-43,48H,4-9,14,21,23-26,30-33H2,1-3H3,(H,59,66)(H,61,68)(H,60,65,67)(H2,73,74,75)/t38-,41?,42-,43-,48?/m0/s1. The Labute approximate surface area is 459 Å². The zero-order valence-electron chi connectivity index (χ0n) is 44.0. The molecule has 8 rings (SSSR count). The number of hydrogen-bond donors (Lipinski definition) is 5. The van der Waals surface area contributed by atoms with E-state index >= 15 is 0 Å². The van der Waals surface area contributed by atoms with Crippen molar-refractivity contribution in [2.45, 2.75) is 121 Å². The molecule has 19 nitrogen and oxygen atoms in total. The normalized spacial score (nSPS) is 20.2. The van der Waals surface area contributed by atoms with Gasteiger partial charge in [0.2, 0.25) is 29.5 Å². The second-order valence-corrected chi connectivity index (χ2v) is 23.9. The second-order valence-electron chi connectivity index (χ2n) is 21.2. The van der Waals surface area contributed by atoms with Crippen molar-refractivity contribution in [3.05, 3.63) is 105 Å². The molecule has 4 aliphatic heterocycles.